The van der Waals surface area contributed by atoms with Crippen molar-refractivity contribution in [2.45, 2.75) is 45.4 Å². The second-order valence-electron chi connectivity index (χ2n) is 7.59. The van der Waals surface area contributed by atoms with Crippen molar-refractivity contribution in [3.63, 3.8) is 0 Å². The molecule has 1 fully saturated rings. The van der Waals surface area contributed by atoms with Crippen LogP contribution in [0.15, 0.2) is 30.3 Å². The summed E-state index contributed by atoms with van der Waals surface area (Å²) in [6, 6.07) is 8.82. The van der Waals surface area contributed by atoms with Gasteiger partial charge in [-0.15, -0.1) is 0 Å². The van der Waals surface area contributed by atoms with Crippen LogP contribution in [0.5, 0.6) is 0 Å². The second kappa shape index (κ2) is 9.43. The number of piperazine rings is 1. The van der Waals surface area contributed by atoms with Crippen molar-refractivity contribution in [2.24, 2.45) is 0 Å². The number of hydrogen-bond donors (Lipinski definition) is 0. The molecule has 2 amide bonds. The average Bonchev–Trinajstić information content (AvgIpc) is 2.65. The zero-order chi connectivity index (χ0) is 20.7. The molecule has 0 aromatic heterocycles. The van der Waals surface area contributed by atoms with Gasteiger partial charge in [0.25, 0.3) is 0 Å². The van der Waals surface area contributed by atoms with Gasteiger partial charge in [-0.25, -0.2) is 9.59 Å². The Morgan fingerprint density at radius 1 is 1.07 bits per heavy atom. The molecular formula is C20H28N2O6. The van der Waals surface area contributed by atoms with E-state index in [1.807, 2.05) is 30.3 Å². The molecule has 28 heavy (non-hydrogen) atoms. The summed E-state index contributed by atoms with van der Waals surface area (Å²) in [5, 5.41) is 0. The van der Waals surface area contributed by atoms with Crippen molar-refractivity contribution in [3.8, 4) is 0 Å². The number of hydrogen-bond acceptors (Lipinski definition) is 6. The highest BCUT2D eigenvalue weighted by Gasteiger charge is 2.36. The van der Waals surface area contributed by atoms with Gasteiger partial charge in [0.15, 0.2) is 0 Å². The Hall–Kier alpha value is -2.77. The summed E-state index contributed by atoms with van der Waals surface area (Å²) < 4.78 is 15.5. The molecule has 1 saturated heterocycles. The molecule has 1 atom stereocenters. The van der Waals surface area contributed by atoms with E-state index in [9.17, 15) is 14.4 Å². The van der Waals surface area contributed by atoms with Gasteiger partial charge < -0.3 is 24.0 Å². The fourth-order valence-corrected chi connectivity index (χ4v) is 2.84. The van der Waals surface area contributed by atoms with Crippen molar-refractivity contribution in [2.75, 3.05) is 26.7 Å². The predicted octanol–water partition coefficient (Wildman–Crippen LogP) is 2.81. The van der Waals surface area contributed by atoms with E-state index in [4.69, 9.17) is 14.2 Å². The summed E-state index contributed by atoms with van der Waals surface area (Å²) in [7, 11) is 1.29. The summed E-state index contributed by atoms with van der Waals surface area (Å²) in [6.07, 6.45) is -1.03. The number of carbonyl (C=O) groups excluding carboxylic acids is 3. The molecular weight excluding hydrogens is 364 g/mol. The topological polar surface area (TPSA) is 85.4 Å². The van der Waals surface area contributed by atoms with E-state index in [1.165, 1.54) is 16.9 Å². The Balaban J connectivity index is 2.01. The smallest absolute Gasteiger partial charge is 0.410 e. The second-order valence-corrected chi connectivity index (χ2v) is 7.59. The molecule has 0 saturated carbocycles. The minimum absolute atomic E-state index is 0.0296. The van der Waals surface area contributed by atoms with Crippen LogP contribution in [0.25, 0.3) is 0 Å². The molecule has 1 aromatic carbocycles. The van der Waals surface area contributed by atoms with Crippen LogP contribution in [0.4, 0.5) is 9.59 Å². The van der Waals surface area contributed by atoms with Gasteiger partial charge in [0.2, 0.25) is 0 Å². The summed E-state index contributed by atoms with van der Waals surface area (Å²) in [6.45, 7) is 6.20. The molecule has 0 unspecified atom stereocenters. The van der Waals surface area contributed by atoms with Crippen molar-refractivity contribution in [1.29, 1.82) is 0 Å². The first-order valence-electron chi connectivity index (χ1n) is 9.21. The quantitative estimate of drug-likeness (QED) is 0.579. The highest BCUT2D eigenvalue weighted by atomic mass is 16.6. The van der Waals surface area contributed by atoms with Crippen LogP contribution in [0.1, 0.15) is 32.8 Å². The van der Waals surface area contributed by atoms with Crippen LogP contribution < -0.4 is 0 Å². The van der Waals surface area contributed by atoms with E-state index in [-0.39, 0.29) is 26.1 Å². The molecule has 8 nitrogen and oxygen atoms in total. The first-order valence-corrected chi connectivity index (χ1v) is 9.21. The number of rotatable bonds is 4. The maximum atomic E-state index is 12.5. The third kappa shape index (κ3) is 6.44. The van der Waals surface area contributed by atoms with Gasteiger partial charge in [-0.1, -0.05) is 30.3 Å². The van der Waals surface area contributed by atoms with Gasteiger partial charge in [0.05, 0.1) is 19.6 Å². The van der Waals surface area contributed by atoms with E-state index in [1.54, 1.807) is 20.8 Å². The number of esters is 1. The van der Waals surface area contributed by atoms with Crippen molar-refractivity contribution in [3.05, 3.63) is 35.9 Å². The first kappa shape index (κ1) is 21.5. The van der Waals surface area contributed by atoms with Gasteiger partial charge >= 0.3 is 18.2 Å². The van der Waals surface area contributed by atoms with Crippen LogP contribution in [0, 0.1) is 0 Å². The summed E-state index contributed by atoms with van der Waals surface area (Å²) >= 11 is 0. The number of amides is 2. The molecule has 0 aliphatic carbocycles. The van der Waals surface area contributed by atoms with Crippen LogP contribution in [-0.2, 0) is 25.6 Å². The van der Waals surface area contributed by atoms with E-state index in [0.717, 1.165) is 5.56 Å². The molecule has 0 spiro atoms. The Morgan fingerprint density at radius 3 is 2.36 bits per heavy atom. The third-order valence-corrected chi connectivity index (χ3v) is 4.20. The lowest BCUT2D eigenvalue weighted by Gasteiger charge is -2.40. The summed E-state index contributed by atoms with van der Waals surface area (Å²) in [4.78, 5) is 39.7. The lowest BCUT2D eigenvalue weighted by Crippen LogP contribution is -2.58. The van der Waals surface area contributed by atoms with Crippen LogP contribution >= 0.6 is 0 Å². The van der Waals surface area contributed by atoms with Crippen molar-refractivity contribution < 1.29 is 28.6 Å². The van der Waals surface area contributed by atoms with E-state index in [0.29, 0.717) is 6.54 Å². The van der Waals surface area contributed by atoms with E-state index >= 15 is 0 Å². The number of nitrogens with zero attached hydrogens (tertiary/aromatic N) is 2. The molecule has 154 valence electrons. The average molecular weight is 392 g/mol. The molecule has 1 aromatic rings. The zero-order valence-corrected chi connectivity index (χ0v) is 16.8. The lowest BCUT2D eigenvalue weighted by molar-refractivity contribution is -0.142. The first-order chi connectivity index (χ1) is 13.2. The van der Waals surface area contributed by atoms with Crippen molar-refractivity contribution >= 4 is 18.2 Å². The Bertz CT molecular complexity index is 686. The van der Waals surface area contributed by atoms with Crippen LogP contribution in [-0.4, -0.2) is 66.3 Å². The maximum absolute atomic E-state index is 12.5. The highest BCUT2D eigenvalue weighted by Crippen LogP contribution is 2.19. The Labute approximate surface area is 165 Å². The van der Waals surface area contributed by atoms with Gasteiger partial charge in [-0.05, 0) is 26.3 Å². The summed E-state index contributed by atoms with van der Waals surface area (Å²) in [5.41, 5.74) is 0.230. The summed E-state index contributed by atoms with van der Waals surface area (Å²) in [5.74, 6) is -0.460. The number of methoxy groups -OCH3 is 1. The van der Waals surface area contributed by atoms with Crippen molar-refractivity contribution in [1.82, 2.24) is 9.80 Å². The molecule has 1 aliphatic rings. The normalized spacial score (nSPS) is 17.1. The minimum Gasteiger partial charge on any atom is -0.469 e. The molecule has 1 aliphatic heterocycles. The third-order valence-electron chi connectivity index (χ3n) is 4.20. The molecule has 1 heterocycles. The van der Waals surface area contributed by atoms with Gasteiger partial charge in [0.1, 0.15) is 12.2 Å². The molecule has 8 heteroatoms. The lowest BCUT2D eigenvalue weighted by atomic mass is 10.1. The largest absolute Gasteiger partial charge is 0.469 e. The van der Waals surface area contributed by atoms with Gasteiger partial charge in [-0.2, -0.15) is 0 Å². The molecule has 2 rings (SSSR count). The number of carbonyl (C=O) groups is 3. The Morgan fingerprint density at radius 2 is 1.75 bits per heavy atom. The van der Waals surface area contributed by atoms with Gasteiger partial charge in [0, 0.05) is 19.6 Å². The van der Waals surface area contributed by atoms with Crippen LogP contribution in [0.3, 0.4) is 0 Å². The predicted molar refractivity (Wildman–Crippen MR) is 102 cm³/mol. The van der Waals surface area contributed by atoms with E-state index < -0.39 is 29.8 Å². The maximum Gasteiger partial charge on any atom is 0.410 e. The minimum atomic E-state index is -0.654. The zero-order valence-electron chi connectivity index (χ0n) is 16.8. The fraction of sp³-hybridized carbons (Fsp3) is 0.550. The standard InChI is InChI=1S/C20H28N2O6/c1-20(2,3)28-19(25)22-11-10-21(13-16(22)12-17(23)26-4)18(24)27-14-15-8-6-5-7-9-15/h5-9,16H,10-14H2,1-4H3/t16-/m0/s1. The molecule has 0 radical (unpaired) electrons. The monoisotopic (exact) mass is 392 g/mol. The highest BCUT2D eigenvalue weighted by molar-refractivity contribution is 5.74. The number of ether oxygens (including phenoxy) is 3. The molecule has 0 bridgehead atoms. The number of benzene rings is 1. The Kier molecular flexibility index (Phi) is 7.25. The van der Waals surface area contributed by atoms with Crippen LogP contribution in [0.2, 0.25) is 0 Å². The SMILES string of the molecule is COC(=O)C[C@H]1CN(C(=O)OCc2ccccc2)CCN1C(=O)OC(C)(C)C. The fourth-order valence-electron chi connectivity index (χ4n) is 2.84. The van der Waals surface area contributed by atoms with Gasteiger partial charge in [-0.3, -0.25) is 4.79 Å². The molecule has 0 N–H and O–H groups in total. The van der Waals surface area contributed by atoms with E-state index in [2.05, 4.69) is 0 Å².